The van der Waals surface area contributed by atoms with Gasteiger partial charge in [0, 0.05) is 17.6 Å². The quantitative estimate of drug-likeness (QED) is 0.851. The second-order valence-corrected chi connectivity index (χ2v) is 4.69. The van der Waals surface area contributed by atoms with Crippen molar-refractivity contribution in [2.24, 2.45) is 0 Å². The van der Waals surface area contributed by atoms with Gasteiger partial charge in [-0.05, 0) is 13.0 Å². The standard InChI is InChI=1S/C11H17N5S/c1-3-5-16-9(6-14-15-16)11(13-4-2)10-7-12-8-17-10/h6-8,11,13H,3-5H2,1-2H3. The van der Waals surface area contributed by atoms with Gasteiger partial charge in [-0.25, -0.2) is 4.68 Å². The number of hydrogen-bond donors (Lipinski definition) is 1. The normalized spacial score (nSPS) is 12.8. The predicted octanol–water partition coefficient (Wildman–Crippen LogP) is 1.84. The molecule has 17 heavy (non-hydrogen) atoms. The molecule has 2 aromatic heterocycles. The molecule has 0 aromatic carbocycles. The van der Waals surface area contributed by atoms with Crippen molar-refractivity contribution < 1.29 is 0 Å². The summed E-state index contributed by atoms with van der Waals surface area (Å²) in [5.41, 5.74) is 2.96. The Hall–Kier alpha value is -1.27. The van der Waals surface area contributed by atoms with Crippen molar-refractivity contribution in [1.29, 1.82) is 0 Å². The number of nitrogens with zero attached hydrogens (tertiary/aromatic N) is 4. The second kappa shape index (κ2) is 5.88. The van der Waals surface area contributed by atoms with Crippen LogP contribution in [-0.4, -0.2) is 26.5 Å². The summed E-state index contributed by atoms with van der Waals surface area (Å²) >= 11 is 1.65. The van der Waals surface area contributed by atoms with Crippen molar-refractivity contribution >= 4 is 11.3 Å². The Morgan fingerprint density at radius 1 is 1.41 bits per heavy atom. The zero-order valence-electron chi connectivity index (χ0n) is 10.1. The molecule has 0 saturated heterocycles. The fourth-order valence-corrected chi connectivity index (χ4v) is 2.50. The van der Waals surface area contributed by atoms with Crippen molar-refractivity contribution in [3.05, 3.63) is 28.5 Å². The van der Waals surface area contributed by atoms with E-state index in [2.05, 4.69) is 34.5 Å². The van der Waals surface area contributed by atoms with E-state index < -0.39 is 0 Å². The van der Waals surface area contributed by atoms with Gasteiger partial charge in [-0.2, -0.15) is 0 Å². The van der Waals surface area contributed by atoms with E-state index in [1.807, 2.05) is 22.6 Å². The van der Waals surface area contributed by atoms with E-state index >= 15 is 0 Å². The highest BCUT2D eigenvalue weighted by Crippen LogP contribution is 2.24. The third-order valence-corrected chi connectivity index (χ3v) is 3.36. The van der Waals surface area contributed by atoms with E-state index in [0.29, 0.717) is 0 Å². The van der Waals surface area contributed by atoms with E-state index in [1.54, 1.807) is 11.3 Å². The van der Waals surface area contributed by atoms with Crippen LogP contribution >= 0.6 is 11.3 Å². The molecule has 2 rings (SSSR count). The lowest BCUT2D eigenvalue weighted by Crippen LogP contribution is -2.24. The van der Waals surface area contributed by atoms with Crippen molar-refractivity contribution in [2.75, 3.05) is 6.54 Å². The molecule has 0 saturated carbocycles. The summed E-state index contributed by atoms with van der Waals surface area (Å²) in [6, 6.07) is 0.147. The van der Waals surface area contributed by atoms with Gasteiger partial charge in [0.1, 0.15) is 0 Å². The van der Waals surface area contributed by atoms with Crippen LogP contribution in [0.4, 0.5) is 0 Å². The molecule has 0 spiro atoms. The summed E-state index contributed by atoms with van der Waals surface area (Å²) in [6.45, 7) is 6.04. The molecule has 2 heterocycles. The molecule has 0 bridgehead atoms. The van der Waals surface area contributed by atoms with Gasteiger partial charge in [-0.3, -0.25) is 4.98 Å². The third kappa shape index (κ3) is 2.70. The monoisotopic (exact) mass is 251 g/mol. The summed E-state index contributed by atoms with van der Waals surface area (Å²) < 4.78 is 1.97. The van der Waals surface area contributed by atoms with Gasteiger partial charge in [0.05, 0.1) is 23.4 Å². The fourth-order valence-electron chi connectivity index (χ4n) is 1.80. The Labute approximate surface area is 105 Å². The molecule has 5 nitrogen and oxygen atoms in total. The van der Waals surface area contributed by atoms with Gasteiger partial charge in [-0.15, -0.1) is 16.4 Å². The largest absolute Gasteiger partial charge is 0.304 e. The van der Waals surface area contributed by atoms with Crippen LogP contribution in [0.2, 0.25) is 0 Å². The lowest BCUT2D eigenvalue weighted by molar-refractivity contribution is 0.514. The zero-order chi connectivity index (χ0) is 12.1. The molecule has 0 amide bonds. The SMILES string of the molecule is CCCn1nncc1C(NCC)c1cncs1. The summed E-state index contributed by atoms with van der Waals surface area (Å²) in [5, 5.41) is 11.6. The number of hydrogen-bond acceptors (Lipinski definition) is 5. The van der Waals surface area contributed by atoms with Crippen LogP contribution in [0.1, 0.15) is 36.9 Å². The smallest absolute Gasteiger partial charge is 0.0874 e. The first-order valence-corrected chi connectivity index (χ1v) is 6.75. The Bertz CT molecular complexity index is 436. The first-order chi connectivity index (χ1) is 8.36. The predicted molar refractivity (Wildman–Crippen MR) is 67.9 cm³/mol. The van der Waals surface area contributed by atoms with Gasteiger partial charge >= 0.3 is 0 Å². The highest BCUT2D eigenvalue weighted by Gasteiger charge is 2.19. The van der Waals surface area contributed by atoms with E-state index in [0.717, 1.165) is 25.2 Å². The van der Waals surface area contributed by atoms with Gasteiger partial charge in [0.15, 0.2) is 0 Å². The maximum atomic E-state index is 4.14. The van der Waals surface area contributed by atoms with Gasteiger partial charge in [0.2, 0.25) is 0 Å². The van der Waals surface area contributed by atoms with Crippen LogP contribution in [0.5, 0.6) is 0 Å². The van der Waals surface area contributed by atoms with Gasteiger partial charge in [-0.1, -0.05) is 19.1 Å². The van der Waals surface area contributed by atoms with E-state index in [1.165, 1.54) is 4.88 Å². The molecule has 0 aliphatic heterocycles. The molecule has 92 valence electrons. The Balaban J connectivity index is 2.29. The highest BCUT2D eigenvalue weighted by molar-refractivity contribution is 7.09. The molecule has 0 aliphatic rings. The summed E-state index contributed by atoms with van der Waals surface area (Å²) in [5.74, 6) is 0. The highest BCUT2D eigenvalue weighted by atomic mass is 32.1. The fraction of sp³-hybridized carbons (Fsp3) is 0.545. The van der Waals surface area contributed by atoms with Crippen molar-refractivity contribution in [3.63, 3.8) is 0 Å². The number of aromatic nitrogens is 4. The molecule has 0 fully saturated rings. The van der Waals surface area contributed by atoms with E-state index in [4.69, 9.17) is 0 Å². The molecule has 0 aliphatic carbocycles. The Morgan fingerprint density at radius 3 is 2.94 bits per heavy atom. The summed E-state index contributed by atoms with van der Waals surface area (Å²) in [6.07, 6.45) is 4.79. The Morgan fingerprint density at radius 2 is 2.29 bits per heavy atom. The molecule has 1 unspecified atom stereocenters. The minimum absolute atomic E-state index is 0.147. The van der Waals surface area contributed by atoms with E-state index in [-0.39, 0.29) is 6.04 Å². The zero-order valence-corrected chi connectivity index (χ0v) is 10.9. The minimum atomic E-state index is 0.147. The topological polar surface area (TPSA) is 55.6 Å². The minimum Gasteiger partial charge on any atom is -0.304 e. The molecule has 2 aromatic rings. The number of aryl methyl sites for hydroxylation is 1. The average Bonchev–Trinajstić information content (AvgIpc) is 2.97. The molecule has 1 atom stereocenters. The van der Waals surface area contributed by atoms with Gasteiger partial charge in [0.25, 0.3) is 0 Å². The van der Waals surface area contributed by atoms with Crippen LogP contribution in [0.15, 0.2) is 17.9 Å². The van der Waals surface area contributed by atoms with Crippen LogP contribution in [-0.2, 0) is 6.54 Å². The molecule has 0 radical (unpaired) electrons. The van der Waals surface area contributed by atoms with Crippen molar-refractivity contribution in [3.8, 4) is 0 Å². The number of rotatable bonds is 6. The Kier molecular flexibility index (Phi) is 4.22. The molecule has 1 N–H and O–H groups in total. The van der Waals surface area contributed by atoms with Crippen LogP contribution in [0, 0.1) is 0 Å². The second-order valence-electron chi connectivity index (χ2n) is 3.78. The van der Waals surface area contributed by atoms with Crippen LogP contribution < -0.4 is 5.32 Å². The van der Waals surface area contributed by atoms with Crippen molar-refractivity contribution in [1.82, 2.24) is 25.3 Å². The van der Waals surface area contributed by atoms with Crippen molar-refractivity contribution in [2.45, 2.75) is 32.9 Å². The lowest BCUT2D eigenvalue weighted by atomic mass is 10.2. The number of nitrogens with one attached hydrogen (secondary N) is 1. The summed E-state index contributed by atoms with van der Waals surface area (Å²) in [4.78, 5) is 5.34. The maximum Gasteiger partial charge on any atom is 0.0874 e. The molecular weight excluding hydrogens is 234 g/mol. The molecular formula is C11H17N5S. The maximum absolute atomic E-state index is 4.14. The average molecular weight is 251 g/mol. The molecule has 6 heteroatoms. The van der Waals surface area contributed by atoms with Gasteiger partial charge < -0.3 is 5.32 Å². The van der Waals surface area contributed by atoms with E-state index in [9.17, 15) is 0 Å². The van der Waals surface area contributed by atoms with Crippen LogP contribution in [0.3, 0.4) is 0 Å². The number of thiazole rings is 1. The summed E-state index contributed by atoms with van der Waals surface area (Å²) in [7, 11) is 0. The lowest BCUT2D eigenvalue weighted by Gasteiger charge is -2.16. The first kappa shape index (κ1) is 12.2. The van der Waals surface area contributed by atoms with Crippen LogP contribution in [0.25, 0.3) is 0 Å². The third-order valence-electron chi connectivity index (χ3n) is 2.52. The first-order valence-electron chi connectivity index (χ1n) is 5.87.